The van der Waals surface area contributed by atoms with Crippen LogP contribution in [0.25, 0.3) is 11.1 Å². The summed E-state index contributed by atoms with van der Waals surface area (Å²) in [7, 11) is 1.25. The number of hydrogen-bond acceptors (Lipinski definition) is 5. The van der Waals surface area contributed by atoms with Gasteiger partial charge in [0.15, 0.2) is 6.10 Å². The van der Waals surface area contributed by atoms with Crippen molar-refractivity contribution >= 4 is 12.1 Å². The van der Waals surface area contributed by atoms with Crippen molar-refractivity contribution < 1.29 is 24.2 Å². The van der Waals surface area contributed by atoms with Crippen LogP contribution in [0.1, 0.15) is 29.9 Å². The normalized spacial score (nSPS) is 19.2. The van der Waals surface area contributed by atoms with Crippen LogP contribution in [0.5, 0.6) is 0 Å². The summed E-state index contributed by atoms with van der Waals surface area (Å²) in [6.45, 7) is 1.10. The zero-order chi connectivity index (χ0) is 20.4. The summed E-state index contributed by atoms with van der Waals surface area (Å²) in [5.41, 5.74) is 4.70. The fourth-order valence-electron chi connectivity index (χ4n) is 4.43. The van der Waals surface area contributed by atoms with Gasteiger partial charge in [-0.1, -0.05) is 48.5 Å². The van der Waals surface area contributed by atoms with E-state index in [4.69, 9.17) is 4.74 Å². The standard InChI is InChI=1S/C23H25NO5/c1-28-22(26)21(25)15-7-6-12-24(13-15)23(27)29-14-20-18-10-4-2-8-16(18)17-9-3-5-11-19(17)20/h2-5,8-11,15,20-21,25H,6-7,12-14H2,1H3. The molecule has 1 N–H and O–H groups in total. The van der Waals surface area contributed by atoms with E-state index in [-0.39, 0.29) is 25.0 Å². The Hall–Kier alpha value is -2.86. The van der Waals surface area contributed by atoms with E-state index in [0.29, 0.717) is 19.4 Å². The second-order valence-corrected chi connectivity index (χ2v) is 7.62. The smallest absolute Gasteiger partial charge is 0.409 e. The molecular weight excluding hydrogens is 370 g/mol. The topological polar surface area (TPSA) is 76.1 Å². The van der Waals surface area contributed by atoms with E-state index in [1.54, 1.807) is 4.90 Å². The van der Waals surface area contributed by atoms with Gasteiger partial charge in [0.25, 0.3) is 0 Å². The Bertz CT molecular complexity index is 866. The lowest BCUT2D eigenvalue weighted by Gasteiger charge is -2.33. The number of carbonyl (C=O) groups is 2. The molecule has 1 saturated heterocycles. The lowest BCUT2D eigenvalue weighted by Crippen LogP contribution is -2.46. The largest absolute Gasteiger partial charge is 0.467 e. The van der Waals surface area contributed by atoms with Crippen molar-refractivity contribution in [3.05, 3.63) is 59.7 Å². The van der Waals surface area contributed by atoms with E-state index in [1.807, 2.05) is 24.3 Å². The van der Waals surface area contributed by atoms with Gasteiger partial charge in [-0.25, -0.2) is 9.59 Å². The first-order valence-corrected chi connectivity index (χ1v) is 9.96. The highest BCUT2D eigenvalue weighted by Crippen LogP contribution is 2.44. The number of hydrogen-bond donors (Lipinski definition) is 1. The Labute approximate surface area is 170 Å². The van der Waals surface area contributed by atoms with Crippen molar-refractivity contribution in [2.75, 3.05) is 26.8 Å². The third kappa shape index (κ3) is 3.72. The number of fused-ring (bicyclic) bond motifs is 3. The number of carbonyl (C=O) groups excluding carboxylic acids is 2. The average Bonchev–Trinajstić information content (AvgIpc) is 3.10. The monoisotopic (exact) mass is 395 g/mol. The molecule has 6 heteroatoms. The van der Waals surface area contributed by atoms with E-state index >= 15 is 0 Å². The summed E-state index contributed by atoms with van der Waals surface area (Å²) in [6.07, 6.45) is -0.246. The van der Waals surface area contributed by atoms with Crippen LogP contribution in [0.3, 0.4) is 0 Å². The number of likely N-dealkylation sites (tertiary alicyclic amines) is 1. The molecule has 2 aromatic carbocycles. The molecule has 29 heavy (non-hydrogen) atoms. The van der Waals surface area contributed by atoms with Gasteiger partial charge in [0.05, 0.1) is 7.11 Å². The van der Waals surface area contributed by atoms with Crippen molar-refractivity contribution in [1.82, 2.24) is 4.90 Å². The molecule has 2 aromatic rings. The summed E-state index contributed by atoms with van der Waals surface area (Å²) in [6, 6.07) is 16.4. The number of rotatable bonds is 4. The Morgan fingerprint density at radius 3 is 2.34 bits per heavy atom. The number of amides is 1. The Morgan fingerprint density at radius 1 is 1.10 bits per heavy atom. The van der Waals surface area contributed by atoms with Crippen LogP contribution in [0.2, 0.25) is 0 Å². The number of benzene rings is 2. The lowest BCUT2D eigenvalue weighted by molar-refractivity contribution is -0.154. The van der Waals surface area contributed by atoms with Crippen LogP contribution in [0.15, 0.2) is 48.5 Å². The SMILES string of the molecule is COC(=O)C(O)C1CCCN(C(=O)OCC2c3ccccc3-c3ccccc32)C1. The minimum atomic E-state index is -1.22. The summed E-state index contributed by atoms with van der Waals surface area (Å²) >= 11 is 0. The van der Waals surface area contributed by atoms with Crippen LogP contribution >= 0.6 is 0 Å². The van der Waals surface area contributed by atoms with Gasteiger partial charge in [-0.05, 0) is 35.1 Å². The molecule has 0 aromatic heterocycles. The molecule has 0 bridgehead atoms. The van der Waals surface area contributed by atoms with Gasteiger partial charge in [-0.15, -0.1) is 0 Å². The average molecular weight is 395 g/mol. The second-order valence-electron chi connectivity index (χ2n) is 7.62. The summed E-state index contributed by atoms with van der Waals surface area (Å²) < 4.78 is 10.3. The van der Waals surface area contributed by atoms with Gasteiger partial charge in [-0.2, -0.15) is 0 Å². The van der Waals surface area contributed by atoms with Crippen LogP contribution in [0.4, 0.5) is 4.79 Å². The predicted molar refractivity (Wildman–Crippen MR) is 107 cm³/mol. The molecule has 1 aliphatic heterocycles. The molecule has 2 unspecified atom stereocenters. The Balaban J connectivity index is 1.43. The van der Waals surface area contributed by atoms with Crippen LogP contribution in [-0.4, -0.2) is 55.0 Å². The highest BCUT2D eigenvalue weighted by Gasteiger charge is 2.34. The van der Waals surface area contributed by atoms with E-state index < -0.39 is 18.2 Å². The first-order chi connectivity index (χ1) is 14.1. The van der Waals surface area contributed by atoms with Gasteiger partial charge in [-0.3, -0.25) is 0 Å². The molecule has 1 amide bonds. The van der Waals surface area contributed by atoms with E-state index in [2.05, 4.69) is 29.0 Å². The number of esters is 1. The summed E-state index contributed by atoms with van der Waals surface area (Å²) in [4.78, 5) is 25.9. The molecule has 0 radical (unpaired) electrons. The Kier molecular flexibility index (Phi) is 5.53. The first kappa shape index (κ1) is 19.5. The molecular formula is C23H25NO5. The lowest BCUT2D eigenvalue weighted by atomic mass is 9.93. The van der Waals surface area contributed by atoms with Gasteiger partial charge < -0.3 is 19.5 Å². The zero-order valence-electron chi connectivity index (χ0n) is 16.4. The maximum absolute atomic E-state index is 12.7. The number of nitrogens with zero attached hydrogens (tertiary/aromatic N) is 1. The third-order valence-electron chi connectivity index (χ3n) is 5.94. The van der Waals surface area contributed by atoms with Gasteiger partial charge >= 0.3 is 12.1 Å². The molecule has 6 nitrogen and oxygen atoms in total. The maximum Gasteiger partial charge on any atom is 0.409 e. The minimum absolute atomic E-state index is 0.00703. The molecule has 1 aliphatic carbocycles. The van der Waals surface area contributed by atoms with Crippen LogP contribution < -0.4 is 0 Å². The number of aliphatic hydroxyl groups excluding tert-OH is 1. The number of aliphatic hydroxyl groups is 1. The predicted octanol–water partition coefficient (Wildman–Crippen LogP) is 3.18. The molecule has 1 heterocycles. The van der Waals surface area contributed by atoms with Crippen molar-refractivity contribution in [1.29, 1.82) is 0 Å². The maximum atomic E-state index is 12.7. The molecule has 2 aliphatic rings. The fourth-order valence-corrected chi connectivity index (χ4v) is 4.43. The summed E-state index contributed by atoms with van der Waals surface area (Å²) in [5, 5.41) is 10.1. The number of methoxy groups -OCH3 is 1. The first-order valence-electron chi connectivity index (χ1n) is 9.96. The van der Waals surface area contributed by atoms with E-state index in [0.717, 1.165) is 0 Å². The minimum Gasteiger partial charge on any atom is -0.467 e. The molecule has 0 spiro atoms. The molecule has 0 saturated carbocycles. The van der Waals surface area contributed by atoms with Crippen molar-refractivity contribution in [3.8, 4) is 11.1 Å². The van der Waals surface area contributed by atoms with Crippen molar-refractivity contribution in [2.45, 2.75) is 24.9 Å². The third-order valence-corrected chi connectivity index (χ3v) is 5.94. The van der Waals surface area contributed by atoms with Crippen LogP contribution in [-0.2, 0) is 14.3 Å². The molecule has 152 valence electrons. The zero-order valence-corrected chi connectivity index (χ0v) is 16.4. The molecule has 4 rings (SSSR count). The number of ether oxygens (including phenoxy) is 2. The van der Waals surface area contributed by atoms with E-state index in [9.17, 15) is 14.7 Å². The van der Waals surface area contributed by atoms with E-state index in [1.165, 1.54) is 29.4 Å². The van der Waals surface area contributed by atoms with Crippen molar-refractivity contribution in [2.24, 2.45) is 5.92 Å². The highest BCUT2D eigenvalue weighted by molar-refractivity contribution is 5.79. The number of piperidine rings is 1. The quantitative estimate of drug-likeness (QED) is 0.805. The Morgan fingerprint density at radius 2 is 1.72 bits per heavy atom. The van der Waals surface area contributed by atoms with Gasteiger partial charge in [0.2, 0.25) is 0 Å². The summed E-state index contributed by atoms with van der Waals surface area (Å²) in [5.74, 6) is -0.992. The second kappa shape index (κ2) is 8.25. The highest BCUT2D eigenvalue weighted by atomic mass is 16.6. The van der Waals surface area contributed by atoms with Crippen LogP contribution in [0, 0.1) is 5.92 Å². The van der Waals surface area contributed by atoms with Crippen molar-refractivity contribution in [3.63, 3.8) is 0 Å². The van der Waals surface area contributed by atoms with Gasteiger partial charge in [0.1, 0.15) is 6.61 Å². The van der Waals surface area contributed by atoms with Gasteiger partial charge in [0, 0.05) is 24.9 Å². The molecule has 2 atom stereocenters. The molecule has 1 fully saturated rings. The fraction of sp³-hybridized carbons (Fsp3) is 0.391.